The van der Waals surface area contributed by atoms with Gasteiger partial charge in [0.15, 0.2) is 0 Å². The van der Waals surface area contributed by atoms with Crippen molar-refractivity contribution in [3.8, 4) is 0 Å². The number of hydrogen-bond acceptors (Lipinski definition) is 4. The summed E-state index contributed by atoms with van der Waals surface area (Å²) in [6, 6.07) is 4.08. The van der Waals surface area contributed by atoms with Crippen molar-refractivity contribution in [3.05, 3.63) is 45.9 Å². The third-order valence-electron chi connectivity index (χ3n) is 1.59. The Kier molecular flexibility index (Phi) is 4.69. The fraction of sp³-hybridized carbons (Fsp3) is 0. The Bertz CT molecular complexity index is 448. The van der Waals surface area contributed by atoms with Crippen LogP contribution in [0.1, 0.15) is 0 Å². The number of pyridine rings is 2. The van der Waals surface area contributed by atoms with Crippen molar-refractivity contribution in [2.75, 3.05) is 0 Å². The molecule has 0 aliphatic rings. The van der Waals surface area contributed by atoms with E-state index in [1.807, 2.05) is 24.5 Å². The molecule has 0 saturated carbocycles. The molecule has 0 fully saturated rings. The van der Waals surface area contributed by atoms with Gasteiger partial charge in [0.2, 0.25) is 0 Å². The fourth-order valence-corrected chi connectivity index (χ4v) is 3.88. The summed E-state index contributed by atoms with van der Waals surface area (Å²) in [6.45, 7) is 0. The third kappa shape index (κ3) is 3.76. The quantitative estimate of drug-likeness (QED) is 0.717. The molecule has 2 aromatic heterocycles. The molecule has 2 aromatic rings. The number of hydrogen-bond donors (Lipinski definition) is 0. The summed E-state index contributed by atoms with van der Waals surface area (Å²) in [6.07, 6.45) is 7.23. The molecule has 0 aliphatic heterocycles. The van der Waals surface area contributed by atoms with Gasteiger partial charge in [-0.2, -0.15) is 0 Å². The van der Waals surface area contributed by atoms with Crippen molar-refractivity contribution in [2.45, 2.75) is 9.79 Å². The van der Waals surface area contributed by atoms with E-state index in [-0.39, 0.29) is 0 Å². The first-order valence-electron chi connectivity index (χ1n) is 4.30. The number of nitrogens with zero attached hydrogens (tertiary/aromatic N) is 2. The second-order valence-corrected chi connectivity index (χ2v) is 6.95. The molecule has 2 nitrogen and oxygen atoms in total. The molecule has 16 heavy (non-hydrogen) atoms. The lowest BCUT2D eigenvalue weighted by Gasteiger charge is -2.01. The first kappa shape index (κ1) is 12.4. The van der Waals surface area contributed by atoms with Crippen molar-refractivity contribution in [1.82, 2.24) is 9.97 Å². The Morgan fingerprint density at radius 1 is 0.750 bits per heavy atom. The second kappa shape index (κ2) is 6.05. The van der Waals surface area contributed by atoms with Crippen LogP contribution in [0.25, 0.3) is 0 Å². The van der Waals surface area contributed by atoms with Crippen LogP contribution in [-0.2, 0) is 0 Å². The molecule has 2 rings (SSSR count). The van der Waals surface area contributed by atoms with Crippen molar-refractivity contribution >= 4 is 53.4 Å². The normalized spacial score (nSPS) is 10.4. The van der Waals surface area contributed by atoms with Crippen LogP contribution in [0.3, 0.4) is 0 Å². The van der Waals surface area contributed by atoms with E-state index in [9.17, 15) is 0 Å². The highest BCUT2D eigenvalue weighted by Crippen LogP contribution is 2.37. The van der Waals surface area contributed by atoms with Gasteiger partial charge in [-0.25, -0.2) is 0 Å². The van der Waals surface area contributed by atoms with Crippen LogP contribution in [0.5, 0.6) is 0 Å². The first-order valence-corrected chi connectivity index (χ1v) is 8.03. The minimum atomic E-state index is 0.991. The van der Waals surface area contributed by atoms with E-state index >= 15 is 0 Å². The van der Waals surface area contributed by atoms with Gasteiger partial charge in [0.1, 0.15) is 0 Å². The van der Waals surface area contributed by atoms with Gasteiger partial charge in [0.25, 0.3) is 0 Å². The van der Waals surface area contributed by atoms with Crippen molar-refractivity contribution < 1.29 is 0 Å². The van der Waals surface area contributed by atoms with Crippen LogP contribution < -0.4 is 0 Å². The van der Waals surface area contributed by atoms with Crippen LogP contribution in [0.2, 0.25) is 0 Å². The maximum Gasteiger partial charge on any atom is 0.0413 e. The summed E-state index contributed by atoms with van der Waals surface area (Å²) in [7, 11) is 3.32. The van der Waals surface area contributed by atoms with Crippen molar-refractivity contribution in [1.29, 1.82) is 0 Å². The van der Waals surface area contributed by atoms with Gasteiger partial charge in [-0.05, 0) is 44.0 Å². The maximum absolute atomic E-state index is 4.11. The average molecular weight is 378 g/mol. The average Bonchev–Trinajstić information content (AvgIpc) is 2.27. The smallest absolute Gasteiger partial charge is 0.0413 e. The molecular weight excluding hydrogens is 372 g/mol. The molecule has 0 spiro atoms. The number of rotatable bonds is 3. The Morgan fingerprint density at radius 3 is 1.56 bits per heavy atom. The van der Waals surface area contributed by atoms with Crippen molar-refractivity contribution in [2.24, 2.45) is 0 Å². The predicted molar refractivity (Wildman–Crippen MR) is 75.6 cm³/mol. The van der Waals surface area contributed by atoms with Gasteiger partial charge in [0, 0.05) is 43.5 Å². The minimum absolute atomic E-state index is 0.991. The highest BCUT2D eigenvalue weighted by atomic mass is 79.9. The summed E-state index contributed by atoms with van der Waals surface area (Å²) in [5, 5.41) is 0. The second-order valence-electron chi connectivity index (χ2n) is 2.84. The van der Waals surface area contributed by atoms with Crippen LogP contribution in [0, 0.1) is 0 Å². The summed E-state index contributed by atoms with van der Waals surface area (Å²) in [5.41, 5.74) is 0. The van der Waals surface area contributed by atoms with Gasteiger partial charge in [-0.3, -0.25) is 9.97 Å². The van der Waals surface area contributed by atoms with E-state index < -0.39 is 0 Å². The zero-order valence-corrected chi connectivity index (χ0v) is 12.7. The molecule has 82 valence electrons. The molecule has 0 atom stereocenters. The number of halogens is 2. The topological polar surface area (TPSA) is 25.8 Å². The Labute approximate surface area is 118 Å². The number of aromatic nitrogens is 2. The molecule has 0 bridgehead atoms. The summed E-state index contributed by atoms with van der Waals surface area (Å²) >= 11 is 6.79. The van der Waals surface area contributed by atoms with E-state index in [4.69, 9.17) is 0 Å². The van der Waals surface area contributed by atoms with Gasteiger partial charge < -0.3 is 0 Å². The standard InChI is InChI=1S/C10H6Br2N2S2/c11-7-1-9(5-13-3-7)15-16-10-2-8(12)4-14-6-10/h1-6H. The fourth-order valence-electron chi connectivity index (χ4n) is 0.972. The molecule has 6 heteroatoms. The Hall–Kier alpha value is -0.0400. The molecular formula is C10H6Br2N2S2. The van der Waals surface area contributed by atoms with Gasteiger partial charge in [-0.15, -0.1) is 0 Å². The minimum Gasteiger partial charge on any atom is -0.262 e. The highest BCUT2D eigenvalue weighted by molar-refractivity contribution is 9.10. The molecule has 0 aliphatic carbocycles. The van der Waals surface area contributed by atoms with Crippen LogP contribution in [-0.4, -0.2) is 9.97 Å². The van der Waals surface area contributed by atoms with E-state index in [0.717, 1.165) is 18.7 Å². The first-order chi connectivity index (χ1) is 7.74. The lowest BCUT2D eigenvalue weighted by Crippen LogP contribution is -1.75. The molecule has 0 saturated heterocycles. The van der Waals surface area contributed by atoms with E-state index in [0.29, 0.717) is 0 Å². The Morgan fingerprint density at radius 2 is 1.19 bits per heavy atom. The van der Waals surface area contributed by atoms with Gasteiger partial charge in [0.05, 0.1) is 0 Å². The van der Waals surface area contributed by atoms with Gasteiger partial charge in [-0.1, -0.05) is 21.6 Å². The molecule has 0 amide bonds. The predicted octanol–water partition coefficient (Wildman–Crippen LogP) is 4.80. The van der Waals surface area contributed by atoms with Crippen LogP contribution in [0.15, 0.2) is 55.7 Å². The molecule has 0 radical (unpaired) electrons. The lowest BCUT2D eigenvalue weighted by molar-refractivity contribution is 1.22. The van der Waals surface area contributed by atoms with Crippen LogP contribution in [0.4, 0.5) is 0 Å². The summed E-state index contributed by atoms with van der Waals surface area (Å²) in [5.74, 6) is 0. The summed E-state index contributed by atoms with van der Waals surface area (Å²) in [4.78, 5) is 10.4. The zero-order chi connectivity index (χ0) is 11.4. The zero-order valence-electron chi connectivity index (χ0n) is 7.93. The maximum atomic E-state index is 4.11. The van der Waals surface area contributed by atoms with Crippen molar-refractivity contribution in [3.63, 3.8) is 0 Å². The van der Waals surface area contributed by atoms with E-state index in [1.165, 1.54) is 0 Å². The molecule has 2 heterocycles. The largest absolute Gasteiger partial charge is 0.262 e. The molecule has 0 N–H and O–H groups in total. The van der Waals surface area contributed by atoms with Crippen LogP contribution >= 0.6 is 53.4 Å². The third-order valence-corrected chi connectivity index (χ3v) is 4.78. The molecule has 0 unspecified atom stereocenters. The SMILES string of the molecule is Brc1cncc(SSc2cncc(Br)c2)c1. The van der Waals surface area contributed by atoms with E-state index in [1.54, 1.807) is 34.0 Å². The lowest BCUT2D eigenvalue weighted by atomic mass is 10.5. The monoisotopic (exact) mass is 376 g/mol. The van der Waals surface area contributed by atoms with E-state index in [2.05, 4.69) is 41.8 Å². The van der Waals surface area contributed by atoms with Gasteiger partial charge >= 0.3 is 0 Å². The highest BCUT2D eigenvalue weighted by Gasteiger charge is 2.00. The Balaban J connectivity index is 2.02. The summed E-state index contributed by atoms with van der Waals surface area (Å²) < 4.78 is 1.98. The molecule has 0 aromatic carbocycles.